The second kappa shape index (κ2) is 5.19. The zero-order valence-electron chi connectivity index (χ0n) is 13.5. The molecule has 124 valence electrons. The molecule has 1 saturated carbocycles. The van der Waals surface area contributed by atoms with Crippen LogP contribution in [0.2, 0.25) is 0 Å². The molecular formula is C16H21BrN4O2. The van der Waals surface area contributed by atoms with Crippen molar-refractivity contribution in [3.63, 3.8) is 0 Å². The van der Waals surface area contributed by atoms with E-state index in [0.29, 0.717) is 23.3 Å². The van der Waals surface area contributed by atoms with E-state index in [2.05, 4.69) is 32.8 Å². The van der Waals surface area contributed by atoms with Crippen molar-refractivity contribution in [1.29, 1.82) is 0 Å². The van der Waals surface area contributed by atoms with Gasteiger partial charge in [0.15, 0.2) is 5.82 Å². The van der Waals surface area contributed by atoms with Gasteiger partial charge in [0.2, 0.25) is 0 Å². The summed E-state index contributed by atoms with van der Waals surface area (Å²) < 4.78 is 2.58. The van der Waals surface area contributed by atoms with Crippen molar-refractivity contribution in [2.75, 3.05) is 5.73 Å². The second-order valence-corrected chi connectivity index (χ2v) is 7.86. The van der Waals surface area contributed by atoms with Gasteiger partial charge in [-0.2, -0.15) is 0 Å². The Hall–Kier alpha value is -1.63. The normalized spacial score (nSPS) is 27.9. The molecule has 1 aliphatic rings. The lowest BCUT2D eigenvalue weighted by molar-refractivity contribution is -0.151. The van der Waals surface area contributed by atoms with Crippen molar-refractivity contribution in [3.05, 3.63) is 22.8 Å². The van der Waals surface area contributed by atoms with Crippen LogP contribution in [0, 0.1) is 11.3 Å². The Labute approximate surface area is 143 Å². The SMILES string of the molecule is CC(C)[C@@]1(C(=O)O)CC[C@](C)(c2nc(Br)c3c(N)nccn23)C1. The summed E-state index contributed by atoms with van der Waals surface area (Å²) in [6.07, 6.45) is 5.49. The van der Waals surface area contributed by atoms with E-state index in [9.17, 15) is 9.90 Å². The van der Waals surface area contributed by atoms with E-state index in [1.807, 2.05) is 24.4 Å². The highest BCUT2D eigenvalue weighted by Gasteiger charge is 2.54. The molecule has 0 amide bonds. The first-order valence-corrected chi connectivity index (χ1v) is 8.52. The zero-order valence-corrected chi connectivity index (χ0v) is 15.1. The third-order valence-corrected chi connectivity index (χ3v) is 5.99. The number of carbonyl (C=O) groups is 1. The number of carboxylic acid groups (broad SMARTS) is 1. The highest BCUT2D eigenvalue weighted by Crippen LogP contribution is 2.54. The number of carboxylic acids is 1. The number of hydrogen-bond acceptors (Lipinski definition) is 4. The van der Waals surface area contributed by atoms with E-state index in [0.717, 1.165) is 17.8 Å². The molecule has 2 atom stereocenters. The first-order valence-electron chi connectivity index (χ1n) is 7.73. The quantitative estimate of drug-likeness (QED) is 0.851. The van der Waals surface area contributed by atoms with Gasteiger partial charge < -0.3 is 10.8 Å². The van der Waals surface area contributed by atoms with Crippen LogP contribution in [0.25, 0.3) is 5.52 Å². The number of nitrogens with two attached hydrogens (primary N) is 1. The van der Waals surface area contributed by atoms with Crippen molar-refractivity contribution in [2.24, 2.45) is 11.3 Å². The highest BCUT2D eigenvalue weighted by atomic mass is 79.9. The topological polar surface area (TPSA) is 93.5 Å². The largest absolute Gasteiger partial charge is 0.481 e. The van der Waals surface area contributed by atoms with Gasteiger partial charge in [0.1, 0.15) is 15.9 Å². The minimum atomic E-state index is -0.711. The first kappa shape index (κ1) is 16.2. The highest BCUT2D eigenvalue weighted by molar-refractivity contribution is 9.10. The molecule has 2 heterocycles. The molecule has 3 rings (SSSR count). The molecule has 23 heavy (non-hydrogen) atoms. The molecule has 0 bridgehead atoms. The van der Waals surface area contributed by atoms with Crippen LogP contribution in [0.5, 0.6) is 0 Å². The van der Waals surface area contributed by atoms with Crippen LogP contribution in [0.3, 0.4) is 0 Å². The average Bonchev–Trinajstić information content (AvgIpc) is 3.00. The summed E-state index contributed by atoms with van der Waals surface area (Å²) in [7, 11) is 0. The zero-order chi connectivity index (χ0) is 17.0. The molecule has 6 nitrogen and oxygen atoms in total. The smallest absolute Gasteiger partial charge is 0.309 e. The Morgan fingerprint density at radius 1 is 1.48 bits per heavy atom. The molecule has 2 aromatic rings. The van der Waals surface area contributed by atoms with Crippen LogP contribution in [-0.2, 0) is 10.2 Å². The molecule has 0 spiro atoms. The van der Waals surface area contributed by atoms with Crippen molar-refractivity contribution < 1.29 is 9.90 Å². The number of nitrogen functional groups attached to an aromatic ring is 1. The Morgan fingerprint density at radius 3 is 2.74 bits per heavy atom. The van der Waals surface area contributed by atoms with Gasteiger partial charge in [-0.05, 0) is 41.1 Å². The van der Waals surface area contributed by atoms with E-state index in [1.54, 1.807) is 6.20 Å². The van der Waals surface area contributed by atoms with Crippen molar-refractivity contribution >= 4 is 33.2 Å². The predicted octanol–water partition coefficient (Wildman–Crippen LogP) is 3.24. The molecule has 0 aromatic carbocycles. The van der Waals surface area contributed by atoms with E-state index in [4.69, 9.17) is 5.73 Å². The minimum absolute atomic E-state index is 0.0724. The number of imidazole rings is 1. The Kier molecular flexibility index (Phi) is 3.66. The lowest BCUT2D eigenvalue weighted by atomic mass is 9.73. The molecule has 2 aromatic heterocycles. The average molecular weight is 381 g/mol. The van der Waals surface area contributed by atoms with Gasteiger partial charge in [-0.15, -0.1) is 0 Å². The molecule has 0 aliphatic heterocycles. The lowest BCUT2D eigenvalue weighted by Gasteiger charge is -2.31. The van der Waals surface area contributed by atoms with Gasteiger partial charge >= 0.3 is 5.97 Å². The fourth-order valence-electron chi connectivity index (χ4n) is 3.93. The summed E-state index contributed by atoms with van der Waals surface area (Å²) >= 11 is 3.46. The maximum Gasteiger partial charge on any atom is 0.309 e. The minimum Gasteiger partial charge on any atom is -0.481 e. The van der Waals surface area contributed by atoms with Crippen LogP contribution in [0.1, 0.15) is 45.9 Å². The van der Waals surface area contributed by atoms with Gasteiger partial charge in [0, 0.05) is 17.8 Å². The third-order valence-electron chi connectivity index (χ3n) is 5.44. The van der Waals surface area contributed by atoms with Gasteiger partial charge in [0.25, 0.3) is 0 Å². The van der Waals surface area contributed by atoms with Crippen LogP contribution >= 0.6 is 15.9 Å². The number of aromatic nitrogens is 3. The van der Waals surface area contributed by atoms with E-state index in [1.165, 1.54) is 0 Å². The van der Waals surface area contributed by atoms with Gasteiger partial charge in [-0.25, -0.2) is 9.97 Å². The fraction of sp³-hybridized carbons (Fsp3) is 0.562. The summed E-state index contributed by atoms with van der Waals surface area (Å²) in [5.41, 5.74) is 5.69. The lowest BCUT2D eigenvalue weighted by Crippen LogP contribution is -2.36. The maximum absolute atomic E-state index is 11.9. The first-order chi connectivity index (χ1) is 10.7. The van der Waals surface area contributed by atoms with Crippen molar-refractivity contribution in [2.45, 2.75) is 45.4 Å². The van der Waals surface area contributed by atoms with Crippen LogP contribution < -0.4 is 5.73 Å². The van der Waals surface area contributed by atoms with Crippen LogP contribution in [0.15, 0.2) is 17.0 Å². The summed E-state index contributed by atoms with van der Waals surface area (Å²) in [5, 5.41) is 9.81. The Morgan fingerprint density at radius 2 is 2.17 bits per heavy atom. The number of anilines is 1. The standard InChI is InChI=1S/C16H21BrN4O2/c1-9(2)16(14(22)23)5-4-15(3,8-16)13-20-11(17)10-12(18)19-6-7-21(10)13/h6-7,9H,4-5,8H2,1-3H3,(H2,18,19)(H,22,23)/t15-,16+/m0/s1. The predicted molar refractivity (Wildman–Crippen MR) is 91.2 cm³/mol. The summed E-state index contributed by atoms with van der Waals surface area (Å²) in [5.74, 6) is 0.617. The summed E-state index contributed by atoms with van der Waals surface area (Å²) in [6, 6.07) is 0. The molecule has 0 unspecified atom stereocenters. The fourth-order valence-corrected chi connectivity index (χ4v) is 4.49. The van der Waals surface area contributed by atoms with E-state index < -0.39 is 11.4 Å². The van der Waals surface area contributed by atoms with E-state index >= 15 is 0 Å². The molecule has 7 heteroatoms. The molecule has 0 saturated heterocycles. The van der Waals surface area contributed by atoms with Crippen LogP contribution in [0.4, 0.5) is 5.82 Å². The molecule has 3 N–H and O–H groups in total. The maximum atomic E-state index is 11.9. The summed E-state index contributed by atoms with van der Waals surface area (Å²) in [6.45, 7) is 6.07. The molecule has 1 fully saturated rings. The van der Waals surface area contributed by atoms with Crippen LogP contribution in [-0.4, -0.2) is 25.4 Å². The molecule has 1 aliphatic carbocycles. The summed E-state index contributed by atoms with van der Waals surface area (Å²) in [4.78, 5) is 20.7. The number of halogens is 1. The number of rotatable bonds is 3. The number of nitrogens with zero attached hydrogens (tertiary/aromatic N) is 3. The monoisotopic (exact) mass is 380 g/mol. The van der Waals surface area contributed by atoms with Gasteiger partial charge in [-0.1, -0.05) is 20.8 Å². The molecular weight excluding hydrogens is 360 g/mol. The molecule has 0 radical (unpaired) electrons. The number of aliphatic carboxylic acids is 1. The van der Waals surface area contributed by atoms with E-state index in [-0.39, 0.29) is 11.3 Å². The van der Waals surface area contributed by atoms with Crippen molar-refractivity contribution in [1.82, 2.24) is 14.4 Å². The number of hydrogen-bond donors (Lipinski definition) is 2. The van der Waals surface area contributed by atoms with Gasteiger partial charge in [-0.3, -0.25) is 9.20 Å². The third kappa shape index (κ3) is 2.24. The van der Waals surface area contributed by atoms with Crippen molar-refractivity contribution in [3.8, 4) is 0 Å². The Bertz CT molecular complexity index is 788. The van der Waals surface area contributed by atoms with Gasteiger partial charge in [0.05, 0.1) is 5.41 Å². The number of fused-ring (bicyclic) bond motifs is 1. The second-order valence-electron chi connectivity index (χ2n) is 7.11. The Balaban J connectivity index is 2.13.